The van der Waals surface area contributed by atoms with Gasteiger partial charge in [0.05, 0.1) is 19.9 Å². The van der Waals surface area contributed by atoms with Gasteiger partial charge in [-0.25, -0.2) is 0 Å². The summed E-state index contributed by atoms with van der Waals surface area (Å²) in [5, 5.41) is 0. The summed E-state index contributed by atoms with van der Waals surface area (Å²) in [5.41, 5.74) is 7.58. The Morgan fingerprint density at radius 1 is 1.25 bits per heavy atom. The molecule has 0 aliphatic heterocycles. The summed E-state index contributed by atoms with van der Waals surface area (Å²) in [6.45, 7) is 3.39. The first-order valence-electron chi connectivity index (χ1n) is 5.28. The molecule has 0 amide bonds. The molecule has 2 N–H and O–H groups in total. The number of benzene rings is 1. The van der Waals surface area contributed by atoms with Crippen LogP contribution in [0.25, 0.3) is 0 Å². The Labute approximate surface area is 96.9 Å². The molecule has 0 unspecified atom stereocenters. The second-order valence-corrected chi connectivity index (χ2v) is 3.66. The summed E-state index contributed by atoms with van der Waals surface area (Å²) in [5.74, 6) is 1.68. The molecule has 0 aliphatic rings. The van der Waals surface area contributed by atoms with Gasteiger partial charge in [-0.2, -0.15) is 0 Å². The van der Waals surface area contributed by atoms with E-state index in [9.17, 15) is 0 Å². The van der Waals surface area contributed by atoms with Crippen LogP contribution in [0.3, 0.4) is 0 Å². The van der Waals surface area contributed by atoms with Crippen LogP contribution in [0.1, 0.15) is 5.56 Å². The molecule has 90 valence electrons. The van der Waals surface area contributed by atoms with E-state index in [2.05, 4.69) is 4.90 Å². The van der Waals surface area contributed by atoms with Crippen molar-refractivity contribution in [2.45, 2.75) is 6.92 Å². The van der Waals surface area contributed by atoms with Crippen LogP contribution in [0.5, 0.6) is 11.5 Å². The fraction of sp³-hybridized carbons (Fsp3) is 0.500. The van der Waals surface area contributed by atoms with Gasteiger partial charge < -0.3 is 20.1 Å². The summed E-state index contributed by atoms with van der Waals surface area (Å²) in [4.78, 5) is 2.07. The average molecular weight is 224 g/mol. The van der Waals surface area contributed by atoms with Gasteiger partial charge in [-0.15, -0.1) is 0 Å². The molecule has 4 heteroatoms. The largest absolute Gasteiger partial charge is 0.496 e. The highest BCUT2D eigenvalue weighted by Gasteiger charge is 2.13. The molecule has 1 aromatic rings. The third kappa shape index (κ3) is 2.39. The number of hydrogen-bond acceptors (Lipinski definition) is 4. The minimum Gasteiger partial charge on any atom is -0.496 e. The zero-order valence-corrected chi connectivity index (χ0v) is 10.4. The van der Waals surface area contributed by atoms with Crippen molar-refractivity contribution in [1.82, 2.24) is 0 Å². The molecule has 0 spiro atoms. The topological polar surface area (TPSA) is 47.7 Å². The first-order chi connectivity index (χ1) is 7.65. The number of methoxy groups -OCH3 is 2. The monoisotopic (exact) mass is 224 g/mol. The Balaban J connectivity index is 3.14. The number of nitrogens with zero attached hydrogens (tertiary/aromatic N) is 1. The second kappa shape index (κ2) is 5.61. The molecule has 0 bridgehead atoms. The molecular weight excluding hydrogens is 204 g/mol. The predicted octanol–water partition coefficient (Wildman–Crippen LogP) is 1.41. The number of likely N-dealkylation sites (N-methyl/N-ethyl adjacent to an activating group) is 1. The summed E-state index contributed by atoms with van der Waals surface area (Å²) in [6.07, 6.45) is 0. The van der Waals surface area contributed by atoms with Crippen LogP contribution in [0.15, 0.2) is 12.1 Å². The van der Waals surface area contributed by atoms with E-state index in [4.69, 9.17) is 15.2 Å². The normalized spacial score (nSPS) is 10.1. The van der Waals surface area contributed by atoms with E-state index in [1.807, 2.05) is 26.1 Å². The van der Waals surface area contributed by atoms with E-state index in [-0.39, 0.29) is 0 Å². The lowest BCUT2D eigenvalue weighted by molar-refractivity contribution is 0.389. The van der Waals surface area contributed by atoms with Crippen molar-refractivity contribution in [3.05, 3.63) is 17.7 Å². The van der Waals surface area contributed by atoms with Gasteiger partial charge in [-0.1, -0.05) is 0 Å². The molecule has 4 nitrogen and oxygen atoms in total. The van der Waals surface area contributed by atoms with Crippen molar-refractivity contribution in [1.29, 1.82) is 0 Å². The standard InChI is InChI=1S/C12H20N2O2/c1-9-11(15-3)6-5-10(12(9)16-4)14(2)8-7-13/h5-6H,7-8,13H2,1-4H3. The second-order valence-electron chi connectivity index (χ2n) is 3.66. The Kier molecular flexibility index (Phi) is 4.43. The van der Waals surface area contributed by atoms with E-state index >= 15 is 0 Å². The highest BCUT2D eigenvalue weighted by Crippen LogP contribution is 2.36. The Morgan fingerprint density at radius 3 is 2.44 bits per heavy atom. The summed E-state index contributed by atoms with van der Waals surface area (Å²) < 4.78 is 10.7. The summed E-state index contributed by atoms with van der Waals surface area (Å²) in [7, 11) is 5.32. The van der Waals surface area contributed by atoms with Gasteiger partial charge >= 0.3 is 0 Å². The minimum absolute atomic E-state index is 0.616. The molecule has 1 rings (SSSR count). The fourth-order valence-corrected chi connectivity index (χ4v) is 1.75. The maximum absolute atomic E-state index is 5.55. The Bertz CT molecular complexity index is 353. The molecule has 0 saturated heterocycles. The van der Waals surface area contributed by atoms with Gasteiger partial charge in [-0.3, -0.25) is 0 Å². The van der Waals surface area contributed by atoms with Crippen molar-refractivity contribution < 1.29 is 9.47 Å². The molecule has 16 heavy (non-hydrogen) atoms. The van der Waals surface area contributed by atoms with Gasteiger partial charge in [0.1, 0.15) is 11.5 Å². The number of anilines is 1. The predicted molar refractivity (Wildman–Crippen MR) is 66.6 cm³/mol. The van der Waals surface area contributed by atoms with Crippen LogP contribution >= 0.6 is 0 Å². The lowest BCUT2D eigenvalue weighted by Crippen LogP contribution is -2.25. The molecule has 0 fully saturated rings. The van der Waals surface area contributed by atoms with E-state index in [1.165, 1.54) is 0 Å². The van der Waals surface area contributed by atoms with Gasteiger partial charge in [-0.05, 0) is 19.1 Å². The van der Waals surface area contributed by atoms with Crippen molar-refractivity contribution in [3.8, 4) is 11.5 Å². The number of ether oxygens (including phenoxy) is 2. The van der Waals surface area contributed by atoms with Gasteiger partial charge in [0, 0.05) is 25.7 Å². The number of hydrogen-bond donors (Lipinski definition) is 1. The maximum Gasteiger partial charge on any atom is 0.148 e. The third-order valence-electron chi connectivity index (χ3n) is 2.64. The Hall–Kier alpha value is -1.42. The first kappa shape index (κ1) is 12.6. The van der Waals surface area contributed by atoms with Crippen molar-refractivity contribution in [3.63, 3.8) is 0 Å². The van der Waals surface area contributed by atoms with Crippen LogP contribution < -0.4 is 20.1 Å². The highest BCUT2D eigenvalue weighted by molar-refractivity contribution is 5.65. The zero-order chi connectivity index (χ0) is 12.1. The van der Waals surface area contributed by atoms with Gasteiger partial charge in [0.25, 0.3) is 0 Å². The van der Waals surface area contributed by atoms with Gasteiger partial charge in [0.15, 0.2) is 0 Å². The molecule has 0 saturated carbocycles. The van der Waals surface area contributed by atoms with E-state index < -0.39 is 0 Å². The quantitative estimate of drug-likeness (QED) is 0.821. The molecule has 0 radical (unpaired) electrons. The van der Waals surface area contributed by atoms with Crippen LogP contribution in [-0.2, 0) is 0 Å². The SMILES string of the molecule is COc1ccc(N(C)CCN)c(OC)c1C. The van der Waals surface area contributed by atoms with Gasteiger partial charge in [0.2, 0.25) is 0 Å². The number of nitrogens with two attached hydrogens (primary N) is 1. The van der Waals surface area contributed by atoms with E-state index in [0.29, 0.717) is 6.54 Å². The third-order valence-corrected chi connectivity index (χ3v) is 2.64. The van der Waals surface area contributed by atoms with E-state index in [0.717, 1.165) is 29.3 Å². The zero-order valence-electron chi connectivity index (χ0n) is 10.4. The lowest BCUT2D eigenvalue weighted by atomic mass is 10.1. The summed E-state index contributed by atoms with van der Waals surface area (Å²) in [6, 6.07) is 3.93. The highest BCUT2D eigenvalue weighted by atomic mass is 16.5. The average Bonchev–Trinajstić information content (AvgIpc) is 2.28. The van der Waals surface area contributed by atoms with Crippen LogP contribution in [0, 0.1) is 6.92 Å². The molecule has 0 atom stereocenters. The van der Waals surface area contributed by atoms with Crippen LogP contribution in [0.2, 0.25) is 0 Å². The lowest BCUT2D eigenvalue weighted by Gasteiger charge is -2.23. The fourth-order valence-electron chi connectivity index (χ4n) is 1.75. The number of rotatable bonds is 5. The summed E-state index contributed by atoms with van der Waals surface area (Å²) >= 11 is 0. The molecular formula is C12H20N2O2. The Morgan fingerprint density at radius 2 is 1.94 bits per heavy atom. The maximum atomic E-state index is 5.55. The van der Waals surface area contributed by atoms with Crippen molar-refractivity contribution >= 4 is 5.69 Å². The molecule has 0 aromatic heterocycles. The molecule has 1 aromatic carbocycles. The minimum atomic E-state index is 0.616. The smallest absolute Gasteiger partial charge is 0.148 e. The molecule has 0 aliphatic carbocycles. The van der Waals surface area contributed by atoms with Crippen LogP contribution in [-0.4, -0.2) is 34.4 Å². The van der Waals surface area contributed by atoms with Crippen LogP contribution in [0.4, 0.5) is 5.69 Å². The van der Waals surface area contributed by atoms with E-state index in [1.54, 1.807) is 14.2 Å². The molecule has 0 heterocycles. The van der Waals surface area contributed by atoms with Crippen molar-refractivity contribution in [2.75, 3.05) is 39.3 Å². The first-order valence-corrected chi connectivity index (χ1v) is 5.28. The van der Waals surface area contributed by atoms with Crippen molar-refractivity contribution in [2.24, 2.45) is 5.73 Å².